The number of aryl methyl sites for hydroxylation is 1. The predicted octanol–water partition coefficient (Wildman–Crippen LogP) is 2.88. The third kappa shape index (κ3) is 4.84. The highest BCUT2D eigenvalue weighted by Crippen LogP contribution is 2.21. The minimum absolute atomic E-state index is 0.175. The molecule has 2 rings (SSSR count). The lowest BCUT2D eigenvalue weighted by molar-refractivity contribution is -0.137. The zero-order valence-corrected chi connectivity index (χ0v) is 13.8. The summed E-state index contributed by atoms with van der Waals surface area (Å²) < 4.78 is 5.10. The van der Waals surface area contributed by atoms with Gasteiger partial charge in [0.1, 0.15) is 5.75 Å². The molecule has 2 aromatic rings. The van der Waals surface area contributed by atoms with Crippen LogP contribution >= 0.6 is 0 Å². The van der Waals surface area contributed by atoms with Crippen LogP contribution in [-0.2, 0) is 16.0 Å². The highest BCUT2D eigenvalue weighted by atomic mass is 16.5. The van der Waals surface area contributed by atoms with E-state index in [1.165, 1.54) is 0 Å². The zero-order valence-electron chi connectivity index (χ0n) is 13.8. The third-order valence-corrected chi connectivity index (χ3v) is 3.84. The molecule has 0 aromatic heterocycles. The van der Waals surface area contributed by atoms with Crippen molar-refractivity contribution in [2.45, 2.75) is 25.8 Å². The first-order valence-corrected chi connectivity index (χ1v) is 7.69. The number of nitrogens with one attached hydrogen (secondary N) is 1. The van der Waals surface area contributed by atoms with Crippen molar-refractivity contribution in [2.75, 3.05) is 7.11 Å². The molecule has 5 heteroatoms. The van der Waals surface area contributed by atoms with Gasteiger partial charge in [-0.1, -0.05) is 36.4 Å². The average molecular weight is 327 g/mol. The molecule has 0 fully saturated rings. The lowest BCUT2D eigenvalue weighted by Crippen LogP contribution is -2.31. The Labute approximate surface area is 141 Å². The molecule has 1 unspecified atom stereocenters. The second-order valence-electron chi connectivity index (χ2n) is 5.59. The number of benzene rings is 2. The van der Waals surface area contributed by atoms with Crippen LogP contribution in [0.1, 0.15) is 29.2 Å². The Kier molecular flexibility index (Phi) is 5.95. The molecule has 0 spiro atoms. The van der Waals surface area contributed by atoms with Crippen LogP contribution in [0.15, 0.2) is 48.5 Å². The average Bonchev–Trinajstić information content (AvgIpc) is 2.56. The van der Waals surface area contributed by atoms with Crippen LogP contribution in [0.4, 0.5) is 0 Å². The van der Waals surface area contributed by atoms with E-state index in [4.69, 9.17) is 9.84 Å². The Morgan fingerprint density at radius 2 is 1.79 bits per heavy atom. The Bertz CT molecular complexity index is 710. The summed E-state index contributed by atoms with van der Waals surface area (Å²) in [6, 6.07) is 14.1. The molecular weight excluding hydrogens is 306 g/mol. The molecule has 5 nitrogen and oxygen atoms in total. The Morgan fingerprint density at radius 1 is 1.12 bits per heavy atom. The quantitative estimate of drug-likeness (QED) is 0.820. The number of carbonyl (C=O) groups excluding carboxylic acids is 1. The largest absolute Gasteiger partial charge is 0.497 e. The van der Waals surface area contributed by atoms with Crippen LogP contribution in [0.3, 0.4) is 0 Å². The number of ether oxygens (including phenoxy) is 1. The first kappa shape index (κ1) is 17.5. The van der Waals surface area contributed by atoms with E-state index in [1.54, 1.807) is 31.4 Å². The molecule has 2 N–H and O–H groups in total. The van der Waals surface area contributed by atoms with Gasteiger partial charge >= 0.3 is 5.97 Å². The molecule has 1 atom stereocenters. The van der Waals surface area contributed by atoms with Gasteiger partial charge in [-0.15, -0.1) is 0 Å². The molecule has 126 valence electrons. The normalized spacial score (nSPS) is 11.6. The number of hydrogen-bond acceptors (Lipinski definition) is 3. The molecule has 1 amide bonds. The van der Waals surface area contributed by atoms with Crippen LogP contribution in [0.2, 0.25) is 0 Å². The van der Waals surface area contributed by atoms with Crippen molar-refractivity contribution in [3.63, 3.8) is 0 Å². The molecule has 0 saturated carbocycles. The maximum atomic E-state index is 12.3. The Balaban J connectivity index is 2.11. The van der Waals surface area contributed by atoms with E-state index in [0.717, 1.165) is 16.7 Å². The third-order valence-electron chi connectivity index (χ3n) is 3.84. The molecule has 2 aromatic carbocycles. The van der Waals surface area contributed by atoms with Crippen molar-refractivity contribution in [1.82, 2.24) is 5.32 Å². The van der Waals surface area contributed by atoms with E-state index in [2.05, 4.69) is 5.32 Å². The molecule has 0 radical (unpaired) electrons. The van der Waals surface area contributed by atoms with Crippen molar-refractivity contribution in [1.29, 1.82) is 0 Å². The van der Waals surface area contributed by atoms with Crippen LogP contribution in [0.25, 0.3) is 0 Å². The van der Waals surface area contributed by atoms with Gasteiger partial charge in [-0.2, -0.15) is 0 Å². The maximum Gasteiger partial charge on any atom is 0.305 e. The van der Waals surface area contributed by atoms with Crippen LogP contribution in [-0.4, -0.2) is 24.1 Å². The molecule has 24 heavy (non-hydrogen) atoms. The lowest BCUT2D eigenvalue weighted by Gasteiger charge is -2.18. The standard InChI is InChI=1S/C19H21NO4/c1-13-5-3-4-6-15(13)11-18(21)20-17(12-19(22)23)14-7-9-16(24-2)10-8-14/h3-10,17H,11-12H2,1-2H3,(H,20,21)(H,22,23). The molecule has 0 saturated heterocycles. The van der Waals surface area contributed by atoms with Gasteiger partial charge in [0.2, 0.25) is 5.91 Å². The highest BCUT2D eigenvalue weighted by Gasteiger charge is 2.18. The summed E-state index contributed by atoms with van der Waals surface area (Å²) in [6.45, 7) is 1.95. The maximum absolute atomic E-state index is 12.3. The van der Waals surface area contributed by atoms with Gasteiger partial charge in [-0.25, -0.2) is 0 Å². The Morgan fingerprint density at radius 3 is 2.38 bits per heavy atom. The second kappa shape index (κ2) is 8.15. The van der Waals surface area contributed by atoms with E-state index < -0.39 is 12.0 Å². The summed E-state index contributed by atoms with van der Waals surface area (Å²) in [5.74, 6) is -0.488. The van der Waals surface area contributed by atoms with Crippen LogP contribution in [0.5, 0.6) is 5.75 Å². The van der Waals surface area contributed by atoms with Gasteiger partial charge in [0, 0.05) is 0 Å². The molecular formula is C19H21NO4. The minimum Gasteiger partial charge on any atom is -0.497 e. The molecule has 0 heterocycles. The van der Waals surface area contributed by atoms with E-state index >= 15 is 0 Å². The van der Waals surface area contributed by atoms with Crippen molar-refractivity contribution in [3.8, 4) is 5.75 Å². The first-order chi connectivity index (χ1) is 11.5. The minimum atomic E-state index is -0.966. The number of amides is 1. The summed E-state index contributed by atoms with van der Waals surface area (Å²) in [5.41, 5.74) is 2.70. The van der Waals surface area contributed by atoms with Crippen LogP contribution in [0, 0.1) is 6.92 Å². The van der Waals surface area contributed by atoms with Gasteiger partial charge in [-0.05, 0) is 35.7 Å². The van der Waals surface area contributed by atoms with E-state index in [-0.39, 0.29) is 18.7 Å². The fourth-order valence-electron chi connectivity index (χ4n) is 2.49. The fraction of sp³-hybridized carbons (Fsp3) is 0.263. The van der Waals surface area contributed by atoms with Crippen LogP contribution < -0.4 is 10.1 Å². The molecule has 0 bridgehead atoms. The van der Waals surface area contributed by atoms with Gasteiger partial charge < -0.3 is 15.2 Å². The topological polar surface area (TPSA) is 75.6 Å². The number of methoxy groups -OCH3 is 1. The van der Waals surface area contributed by atoms with E-state index in [9.17, 15) is 9.59 Å². The fourth-order valence-corrected chi connectivity index (χ4v) is 2.49. The monoisotopic (exact) mass is 327 g/mol. The van der Waals surface area contributed by atoms with E-state index in [0.29, 0.717) is 5.75 Å². The molecule has 0 aliphatic rings. The predicted molar refractivity (Wildman–Crippen MR) is 91.0 cm³/mol. The summed E-state index contributed by atoms with van der Waals surface area (Å²) in [7, 11) is 1.56. The summed E-state index contributed by atoms with van der Waals surface area (Å²) >= 11 is 0. The molecule has 0 aliphatic carbocycles. The van der Waals surface area contributed by atoms with Gasteiger partial charge in [-0.3, -0.25) is 9.59 Å². The van der Waals surface area contributed by atoms with Crippen molar-refractivity contribution in [3.05, 3.63) is 65.2 Å². The Hall–Kier alpha value is -2.82. The number of aliphatic carboxylic acids is 1. The highest BCUT2D eigenvalue weighted by molar-refractivity contribution is 5.80. The summed E-state index contributed by atoms with van der Waals surface area (Å²) in [5, 5.41) is 11.9. The summed E-state index contributed by atoms with van der Waals surface area (Å²) in [6.07, 6.45) is 0.0464. The van der Waals surface area contributed by atoms with Gasteiger partial charge in [0.05, 0.1) is 26.0 Å². The van der Waals surface area contributed by atoms with Crippen molar-refractivity contribution >= 4 is 11.9 Å². The summed E-state index contributed by atoms with van der Waals surface area (Å²) in [4.78, 5) is 23.4. The zero-order chi connectivity index (χ0) is 17.5. The van der Waals surface area contributed by atoms with Crippen molar-refractivity contribution < 1.29 is 19.4 Å². The SMILES string of the molecule is COc1ccc(C(CC(=O)O)NC(=O)Cc2ccccc2C)cc1. The lowest BCUT2D eigenvalue weighted by atomic mass is 10.0. The second-order valence-corrected chi connectivity index (χ2v) is 5.59. The number of carboxylic acid groups (broad SMARTS) is 1. The smallest absolute Gasteiger partial charge is 0.305 e. The number of rotatable bonds is 7. The van der Waals surface area contributed by atoms with Gasteiger partial charge in [0.25, 0.3) is 0 Å². The van der Waals surface area contributed by atoms with Gasteiger partial charge in [0.15, 0.2) is 0 Å². The first-order valence-electron chi connectivity index (χ1n) is 7.69. The molecule has 0 aliphatic heterocycles. The number of carboxylic acids is 1. The number of carbonyl (C=O) groups is 2. The van der Waals surface area contributed by atoms with Crippen molar-refractivity contribution in [2.24, 2.45) is 0 Å². The number of hydrogen-bond donors (Lipinski definition) is 2. The van der Waals surface area contributed by atoms with E-state index in [1.807, 2.05) is 31.2 Å².